The molecule has 1 saturated heterocycles. The smallest absolute Gasteiger partial charge is 0.191 e. The molecule has 1 aromatic carbocycles. The number of ether oxygens (including phenoxy) is 1. The largest absolute Gasteiger partial charge is 0.385 e. The lowest BCUT2D eigenvalue weighted by molar-refractivity contribution is 0.0777. The lowest BCUT2D eigenvalue weighted by Crippen LogP contribution is -2.51. The number of hydrogen-bond acceptors (Lipinski definition) is 3. The highest BCUT2D eigenvalue weighted by Crippen LogP contribution is 2.44. The average Bonchev–Trinajstić information content (AvgIpc) is 2.70. The minimum Gasteiger partial charge on any atom is -0.385 e. The van der Waals surface area contributed by atoms with Gasteiger partial charge in [0.2, 0.25) is 0 Å². The molecular weight excluding hydrogens is 487 g/mol. The summed E-state index contributed by atoms with van der Waals surface area (Å²) in [6.07, 6.45) is 7.35. The average molecular weight is 529 g/mol. The van der Waals surface area contributed by atoms with Crippen molar-refractivity contribution in [1.82, 2.24) is 15.5 Å². The molecule has 2 aliphatic rings. The number of likely N-dealkylation sites (tertiary alicyclic amines) is 1. The second-order valence-electron chi connectivity index (χ2n) is 8.96. The van der Waals surface area contributed by atoms with Gasteiger partial charge in [-0.25, -0.2) is 0 Å². The Morgan fingerprint density at radius 2 is 2.03 bits per heavy atom. The maximum Gasteiger partial charge on any atom is 0.191 e. The lowest BCUT2D eigenvalue weighted by atomic mass is 9.67. The maximum atomic E-state index is 5.33. The first-order valence-corrected chi connectivity index (χ1v) is 11.5. The Labute approximate surface area is 200 Å². The van der Waals surface area contributed by atoms with Gasteiger partial charge in [0.15, 0.2) is 5.96 Å². The van der Waals surface area contributed by atoms with Crippen molar-refractivity contribution in [2.24, 2.45) is 10.4 Å². The van der Waals surface area contributed by atoms with Crippen molar-refractivity contribution < 1.29 is 4.74 Å². The predicted octanol–water partition coefficient (Wildman–Crippen LogP) is 4.42. The molecule has 5 nitrogen and oxygen atoms in total. The number of halogens is 1. The van der Waals surface area contributed by atoms with Gasteiger partial charge in [-0.05, 0) is 56.9 Å². The van der Waals surface area contributed by atoms with E-state index in [9.17, 15) is 0 Å². The summed E-state index contributed by atoms with van der Waals surface area (Å²) in [6, 6.07) is 11.9. The predicted molar refractivity (Wildman–Crippen MR) is 137 cm³/mol. The molecule has 1 aliphatic carbocycles. The third-order valence-corrected chi connectivity index (χ3v) is 6.75. The van der Waals surface area contributed by atoms with Gasteiger partial charge >= 0.3 is 0 Å². The molecule has 2 N–H and O–H groups in total. The number of nitrogens with zero attached hydrogens (tertiary/aromatic N) is 2. The van der Waals surface area contributed by atoms with Gasteiger partial charge < -0.3 is 15.4 Å². The fourth-order valence-corrected chi connectivity index (χ4v) is 4.65. The highest BCUT2D eigenvalue weighted by atomic mass is 127. The Bertz CT molecular complexity index is 635. The van der Waals surface area contributed by atoms with Gasteiger partial charge in [0.1, 0.15) is 0 Å². The number of guanidine groups is 1. The summed E-state index contributed by atoms with van der Waals surface area (Å²) in [5, 5.41) is 7.20. The van der Waals surface area contributed by atoms with E-state index in [1.165, 1.54) is 24.8 Å². The van der Waals surface area contributed by atoms with E-state index in [0.717, 1.165) is 58.0 Å². The zero-order valence-electron chi connectivity index (χ0n) is 19.0. The van der Waals surface area contributed by atoms with E-state index in [4.69, 9.17) is 9.73 Å². The molecule has 0 aromatic heterocycles. The van der Waals surface area contributed by atoms with Crippen LogP contribution in [0.5, 0.6) is 0 Å². The molecular formula is C24H41IN4O. The van der Waals surface area contributed by atoms with Crippen molar-refractivity contribution in [3.05, 3.63) is 35.9 Å². The van der Waals surface area contributed by atoms with Crippen molar-refractivity contribution in [1.29, 1.82) is 0 Å². The number of benzene rings is 1. The second kappa shape index (κ2) is 12.9. The summed E-state index contributed by atoms with van der Waals surface area (Å²) in [6.45, 7) is 9.33. The summed E-state index contributed by atoms with van der Waals surface area (Å²) in [5.41, 5.74) is 1.77. The van der Waals surface area contributed by atoms with E-state index < -0.39 is 0 Å². The lowest BCUT2D eigenvalue weighted by Gasteiger charge is -2.41. The van der Waals surface area contributed by atoms with Crippen LogP contribution in [-0.4, -0.2) is 56.3 Å². The Kier molecular flexibility index (Phi) is 10.9. The first kappa shape index (κ1) is 25.4. The van der Waals surface area contributed by atoms with E-state index in [2.05, 4.69) is 59.7 Å². The molecule has 1 saturated carbocycles. The van der Waals surface area contributed by atoms with Crippen LogP contribution in [0.25, 0.3) is 0 Å². The molecule has 2 atom stereocenters. The SMILES string of the molecule is CCNC(=NCC1(CCOC)CCC1)NC1CCN(Cc2ccccc2)C(C)C1.I. The van der Waals surface area contributed by atoms with Crippen LogP contribution in [0.4, 0.5) is 0 Å². The van der Waals surface area contributed by atoms with Gasteiger partial charge in [0, 0.05) is 52.0 Å². The fourth-order valence-electron chi connectivity index (χ4n) is 4.65. The van der Waals surface area contributed by atoms with Crippen molar-refractivity contribution >= 4 is 29.9 Å². The van der Waals surface area contributed by atoms with Crippen LogP contribution >= 0.6 is 24.0 Å². The summed E-state index contributed by atoms with van der Waals surface area (Å²) in [7, 11) is 1.80. The first-order chi connectivity index (χ1) is 14.1. The number of rotatable bonds is 9. The summed E-state index contributed by atoms with van der Waals surface area (Å²) < 4.78 is 5.33. The zero-order chi connectivity index (χ0) is 20.5. The molecule has 2 unspecified atom stereocenters. The van der Waals surface area contributed by atoms with E-state index in [0.29, 0.717) is 17.5 Å². The first-order valence-electron chi connectivity index (χ1n) is 11.5. The zero-order valence-corrected chi connectivity index (χ0v) is 21.4. The van der Waals surface area contributed by atoms with E-state index in [-0.39, 0.29) is 24.0 Å². The molecule has 0 radical (unpaired) electrons. The van der Waals surface area contributed by atoms with Crippen molar-refractivity contribution in [2.45, 2.75) is 71.0 Å². The minimum absolute atomic E-state index is 0. The number of hydrogen-bond donors (Lipinski definition) is 2. The van der Waals surface area contributed by atoms with E-state index in [1.807, 2.05) is 0 Å². The second-order valence-corrected chi connectivity index (χ2v) is 8.96. The molecule has 6 heteroatoms. The van der Waals surface area contributed by atoms with Gasteiger partial charge in [-0.2, -0.15) is 0 Å². The molecule has 0 amide bonds. The van der Waals surface area contributed by atoms with Gasteiger partial charge in [-0.15, -0.1) is 24.0 Å². The molecule has 2 fully saturated rings. The van der Waals surface area contributed by atoms with Crippen molar-refractivity contribution in [3.8, 4) is 0 Å². The summed E-state index contributed by atoms with van der Waals surface area (Å²) >= 11 is 0. The van der Waals surface area contributed by atoms with Gasteiger partial charge in [0.25, 0.3) is 0 Å². The van der Waals surface area contributed by atoms with Crippen LogP contribution < -0.4 is 10.6 Å². The normalized spacial score (nSPS) is 23.9. The van der Waals surface area contributed by atoms with Gasteiger partial charge in [-0.1, -0.05) is 36.8 Å². The number of aliphatic imine (C=N–C) groups is 1. The topological polar surface area (TPSA) is 48.9 Å². The highest BCUT2D eigenvalue weighted by Gasteiger charge is 2.36. The molecule has 170 valence electrons. The molecule has 1 heterocycles. The van der Waals surface area contributed by atoms with Crippen LogP contribution in [0.1, 0.15) is 57.9 Å². The van der Waals surface area contributed by atoms with Crippen LogP contribution in [-0.2, 0) is 11.3 Å². The monoisotopic (exact) mass is 528 g/mol. The molecule has 0 bridgehead atoms. The van der Waals surface area contributed by atoms with Crippen LogP contribution in [0.3, 0.4) is 0 Å². The van der Waals surface area contributed by atoms with Gasteiger partial charge in [0.05, 0.1) is 0 Å². The summed E-state index contributed by atoms with van der Waals surface area (Å²) in [4.78, 5) is 7.59. The molecule has 1 aliphatic heterocycles. The van der Waals surface area contributed by atoms with Gasteiger partial charge in [-0.3, -0.25) is 9.89 Å². The van der Waals surface area contributed by atoms with Crippen molar-refractivity contribution in [2.75, 3.05) is 33.4 Å². The fraction of sp³-hybridized carbons (Fsp3) is 0.708. The molecule has 1 aromatic rings. The Balaban J connectivity index is 0.00000320. The number of methoxy groups -OCH3 is 1. The quantitative estimate of drug-likeness (QED) is 0.283. The highest BCUT2D eigenvalue weighted by molar-refractivity contribution is 14.0. The number of nitrogens with one attached hydrogen (secondary N) is 2. The third-order valence-electron chi connectivity index (χ3n) is 6.75. The van der Waals surface area contributed by atoms with Crippen LogP contribution in [0.15, 0.2) is 35.3 Å². The number of piperidine rings is 1. The van der Waals surface area contributed by atoms with Crippen LogP contribution in [0, 0.1) is 5.41 Å². The molecule has 3 rings (SSSR count). The van der Waals surface area contributed by atoms with Crippen LogP contribution in [0.2, 0.25) is 0 Å². The Hall–Kier alpha value is -0.860. The standard InChI is InChI=1S/C24H40N4O.HI/c1-4-25-23(26-19-24(12-8-13-24)14-16-29-3)27-22-11-15-28(20(2)17-22)18-21-9-6-5-7-10-21;/h5-7,9-10,20,22H,4,8,11-19H2,1-3H3,(H2,25,26,27);1H. The van der Waals surface area contributed by atoms with E-state index >= 15 is 0 Å². The van der Waals surface area contributed by atoms with E-state index in [1.54, 1.807) is 7.11 Å². The minimum atomic E-state index is 0. The molecule has 0 spiro atoms. The van der Waals surface area contributed by atoms with Crippen molar-refractivity contribution in [3.63, 3.8) is 0 Å². The Morgan fingerprint density at radius 1 is 1.27 bits per heavy atom. The third kappa shape index (κ3) is 7.38. The maximum absolute atomic E-state index is 5.33. The summed E-state index contributed by atoms with van der Waals surface area (Å²) in [5.74, 6) is 0.991. The Morgan fingerprint density at radius 3 is 2.63 bits per heavy atom. The molecule has 30 heavy (non-hydrogen) atoms.